The maximum absolute atomic E-state index is 12.6. The van der Waals surface area contributed by atoms with E-state index in [1.807, 2.05) is 11.9 Å². The minimum absolute atomic E-state index is 0.0340. The number of nitrogens with one attached hydrogen (secondary N) is 1. The van der Waals surface area contributed by atoms with Crippen LogP contribution in [0.15, 0.2) is 47.4 Å². The SMILES string of the molecule is COc1ccc(S(=O)(=O)Nc2ccc(C(=O)N3CCN(C)CC3)cc2)cc1C. The largest absolute Gasteiger partial charge is 0.496 e. The molecule has 3 rings (SSSR count). The number of carbonyl (C=O) groups excluding carboxylic acids is 1. The molecule has 0 radical (unpaired) electrons. The lowest BCUT2D eigenvalue weighted by Crippen LogP contribution is -2.47. The normalized spacial score (nSPS) is 15.3. The number of amides is 1. The van der Waals surface area contributed by atoms with Gasteiger partial charge in [0.05, 0.1) is 12.0 Å². The number of hydrogen-bond donors (Lipinski definition) is 1. The molecule has 150 valence electrons. The number of piperazine rings is 1. The Morgan fingerprint density at radius 1 is 1.04 bits per heavy atom. The Labute approximate surface area is 166 Å². The number of ether oxygens (including phenoxy) is 1. The van der Waals surface area contributed by atoms with Gasteiger partial charge in [0.2, 0.25) is 0 Å². The van der Waals surface area contributed by atoms with Gasteiger partial charge in [-0.15, -0.1) is 0 Å². The van der Waals surface area contributed by atoms with Gasteiger partial charge in [0, 0.05) is 37.4 Å². The lowest BCUT2D eigenvalue weighted by molar-refractivity contribution is 0.0664. The number of carbonyl (C=O) groups is 1. The van der Waals surface area contributed by atoms with Crippen LogP contribution in [0.2, 0.25) is 0 Å². The highest BCUT2D eigenvalue weighted by molar-refractivity contribution is 7.92. The first-order valence-electron chi connectivity index (χ1n) is 9.05. The van der Waals surface area contributed by atoms with Gasteiger partial charge < -0.3 is 14.5 Å². The number of benzene rings is 2. The topological polar surface area (TPSA) is 78.9 Å². The molecular formula is C20H25N3O4S. The van der Waals surface area contributed by atoms with Crippen molar-refractivity contribution in [3.8, 4) is 5.75 Å². The van der Waals surface area contributed by atoms with E-state index in [0.29, 0.717) is 30.1 Å². The molecule has 2 aromatic carbocycles. The number of methoxy groups -OCH3 is 1. The molecule has 1 saturated heterocycles. The number of sulfonamides is 1. The summed E-state index contributed by atoms with van der Waals surface area (Å²) in [6.07, 6.45) is 0. The monoisotopic (exact) mass is 403 g/mol. The average Bonchev–Trinajstić information content (AvgIpc) is 2.68. The molecule has 0 saturated carbocycles. The molecular weight excluding hydrogens is 378 g/mol. The molecule has 0 atom stereocenters. The molecule has 0 spiro atoms. The Hall–Kier alpha value is -2.58. The van der Waals surface area contributed by atoms with E-state index in [0.717, 1.165) is 18.7 Å². The molecule has 1 aliphatic heterocycles. The maximum Gasteiger partial charge on any atom is 0.261 e. The zero-order chi connectivity index (χ0) is 20.3. The first-order valence-corrected chi connectivity index (χ1v) is 10.5. The Balaban J connectivity index is 1.71. The summed E-state index contributed by atoms with van der Waals surface area (Å²) in [6.45, 7) is 4.88. The van der Waals surface area contributed by atoms with Crippen molar-refractivity contribution >= 4 is 21.6 Å². The van der Waals surface area contributed by atoms with E-state index in [1.54, 1.807) is 50.4 Å². The average molecular weight is 404 g/mol. The minimum atomic E-state index is -3.73. The van der Waals surface area contributed by atoms with E-state index in [-0.39, 0.29) is 10.8 Å². The highest BCUT2D eigenvalue weighted by Crippen LogP contribution is 2.23. The van der Waals surface area contributed by atoms with Crippen LogP contribution >= 0.6 is 0 Å². The van der Waals surface area contributed by atoms with E-state index >= 15 is 0 Å². The van der Waals surface area contributed by atoms with Gasteiger partial charge in [0.25, 0.3) is 15.9 Å². The fraction of sp³-hybridized carbons (Fsp3) is 0.350. The van der Waals surface area contributed by atoms with Gasteiger partial charge in [-0.3, -0.25) is 9.52 Å². The van der Waals surface area contributed by atoms with Crippen LogP contribution in [0.25, 0.3) is 0 Å². The Kier molecular flexibility index (Phi) is 5.90. The van der Waals surface area contributed by atoms with Crippen LogP contribution in [0.5, 0.6) is 5.75 Å². The van der Waals surface area contributed by atoms with Crippen LogP contribution in [0, 0.1) is 6.92 Å². The maximum atomic E-state index is 12.6. The third-order valence-corrected chi connectivity index (χ3v) is 6.23. The third-order valence-electron chi connectivity index (χ3n) is 4.85. The quantitative estimate of drug-likeness (QED) is 0.828. The van der Waals surface area contributed by atoms with Crippen LogP contribution < -0.4 is 9.46 Å². The standard InChI is InChI=1S/C20H25N3O4S/c1-15-14-18(8-9-19(15)27-3)28(25,26)21-17-6-4-16(5-7-17)20(24)23-12-10-22(2)11-13-23/h4-9,14,21H,10-13H2,1-3H3. The van der Waals surface area contributed by atoms with E-state index in [1.165, 1.54) is 6.07 Å². The molecule has 1 N–H and O–H groups in total. The number of rotatable bonds is 5. The van der Waals surface area contributed by atoms with Gasteiger partial charge in [0.15, 0.2) is 0 Å². The number of aryl methyl sites for hydroxylation is 1. The van der Waals surface area contributed by atoms with E-state index in [4.69, 9.17) is 4.74 Å². The lowest BCUT2D eigenvalue weighted by atomic mass is 10.1. The molecule has 0 bridgehead atoms. The number of nitrogens with zero attached hydrogens (tertiary/aromatic N) is 2. The summed E-state index contributed by atoms with van der Waals surface area (Å²) in [5, 5.41) is 0. The second-order valence-electron chi connectivity index (χ2n) is 6.91. The predicted octanol–water partition coefficient (Wildman–Crippen LogP) is 2.19. The first-order chi connectivity index (χ1) is 13.3. The first kappa shape index (κ1) is 20.2. The summed E-state index contributed by atoms with van der Waals surface area (Å²) >= 11 is 0. The van der Waals surface area contributed by atoms with Crippen LogP contribution in [0.1, 0.15) is 15.9 Å². The third kappa shape index (κ3) is 4.45. The van der Waals surface area contributed by atoms with Gasteiger partial charge in [-0.2, -0.15) is 0 Å². The fourth-order valence-corrected chi connectivity index (χ4v) is 4.25. The second kappa shape index (κ2) is 8.20. The van der Waals surface area contributed by atoms with Crippen LogP contribution in [0.4, 0.5) is 5.69 Å². The van der Waals surface area contributed by atoms with Crippen molar-refractivity contribution in [3.63, 3.8) is 0 Å². The molecule has 1 fully saturated rings. The summed E-state index contributed by atoms with van der Waals surface area (Å²) in [6, 6.07) is 11.2. The highest BCUT2D eigenvalue weighted by Gasteiger charge is 2.21. The molecule has 1 amide bonds. The number of hydrogen-bond acceptors (Lipinski definition) is 5. The lowest BCUT2D eigenvalue weighted by Gasteiger charge is -2.32. The van der Waals surface area contributed by atoms with Crippen LogP contribution in [-0.2, 0) is 10.0 Å². The van der Waals surface area contributed by atoms with E-state index in [9.17, 15) is 13.2 Å². The Morgan fingerprint density at radius 3 is 2.25 bits per heavy atom. The molecule has 28 heavy (non-hydrogen) atoms. The van der Waals surface area contributed by atoms with Gasteiger partial charge in [-0.25, -0.2) is 8.42 Å². The molecule has 0 aromatic heterocycles. The zero-order valence-electron chi connectivity index (χ0n) is 16.3. The fourth-order valence-electron chi connectivity index (χ4n) is 3.11. The number of likely N-dealkylation sites (N-methyl/N-ethyl adjacent to an activating group) is 1. The van der Waals surface area contributed by atoms with Crippen LogP contribution in [0.3, 0.4) is 0 Å². The predicted molar refractivity (Wildman–Crippen MR) is 108 cm³/mol. The van der Waals surface area contributed by atoms with Crippen molar-refractivity contribution in [3.05, 3.63) is 53.6 Å². The Bertz CT molecular complexity index is 950. The van der Waals surface area contributed by atoms with E-state index < -0.39 is 10.0 Å². The van der Waals surface area contributed by atoms with Crippen molar-refractivity contribution in [1.29, 1.82) is 0 Å². The minimum Gasteiger partial charge on any atom is -0.496 e. The summed E-state index contributed by atoms with van der Waals surface area (Å²) in [5.41, 5.74) is 1.69. The van der Waals surface area contributed by atoms with Gasteiger partial charge in [-0.1, -0.05) is 0 Å². The van der Waals surface area contributed by atoms with Crippen LogP contribution in [-0.4, -0.2) is 64.5 Å². The van der Waals surface area contributed by atoms with Gasteiger partial charge >= 0.3 is 0 Å². The zero-order valence-corrected chi connectivity index (χ0v) is 17.1. The molecule has 0 aliphatic carbocycles. The molecule has 1 heterocycles. The smallest absolute Gasteiger partial charge is 0.261 e. The summed E-state index contributed by atoms with van der Waals surface area (Å²) in [5.74, 6) is 0.596. The number of anilines is 1. The second-order valence-corrected chi connectivity index (χ2v) is 8.59. The highest BCUT2D eigenvalue weighted by atomic mass is 32.2. The molecule has 7 nitrogen and oxygen atoms in total. The Morgan fingerprint density at radius 2 is 1.68 bits per heavy atom. The van der Waals surface area contributed by atoms with Crippen molar-refractivity contribution in [2.45, 2.75) is 11.8 Å². The summed E-state index contributed by atoms with van der Waals surface area (Å²) < 4.78 is 33.0. The van der Waals surface area contributed by atoms with E-state index in [2.05, 4.69) is 9.62 Å². The van der Waals surface area contributed by atoms with Crippen molar-refractivity contribution in [2.24, 2.45) is 0 Å². The van der Waals surface area contributed by atoms with Crippen molar-refractivity contribution in [1.82, 2.24) is 9.80 Å². The molecule has 8 heteroatoms. The van der Waals surface area contributed by atoms with Crippen molar-refractivity contribution in [2.75, 3.05) is 45.1 Å². The molecule has 2 aromatic rings. The van der Waals surface area contributed by atoms with Crippen molar-refractivity contribution < 1.29 is 17.9 Å². The van der Waals surface area contributed by atoms with Gasteiger partial charge in [0.1, 0.15) is 5.75 Å². The molecule has 1 aliphatic rings. The molecule has 0 unspecified atom stereocenters. The summed E-state index contributed by atoms with van der Waals surface area (Å²) in [7, 11) is -0.151. The van der Waals surface area contributed by atoms with Gasteiger partial charge in [-0.05, 0) is 62.0 Å². The summed E-state index contributed by atoms with van der Waals surface area (Å²) in [4.78, 5) is 16.7.